The molecule has 6 heteroatoms. The third kappa shape index (κ3) is 4.43. The smallest absolute Gasteiger partial charge is 0.292 e. The van der Waals surface area contributed by atoms with E-state index >= 15 is 0 Å². The number of hydrogen-bond donors (Lipinski definition) is 1. The van der Waals surface area contributed by atoms with Gasteiger partial charge >= 0.3 is 0 Å². The van der Waals surface area contributed by atoms with E-state index in [-0.39, 0.29) is 16.6 Å². The van der Waals surface area contributed by atoms with Gasteiger partial charge in [-0.1, -0.05) is 61.0 Å². The van der Waals surface area contributed by atoms with Gasteiger partial charge in [0.25, 0.3) is 5.56 Å². The van der Waals surface area contributed by atoms with Gasteiger partial charge in [0, 0.05) is 6.54 Å². The van der Waals surface area contributed by atoms with E-state index in [0.29, 0.717) is 17.9 Å². The number of rotatable bonds is 7. The van der Waals surface area contributed by atoms with Gasteiger partial charge in [0.15, 0.2) is 0 Å². The molecule has 0 fully saturated rings. The van der Waals surface area contributed by atoms with Crippen LogP contribution >= 0.6 is 11.6 Å². The summed E-state index contributed by atoms with van der Waals surface area (Å²) in [5.74, 6) is 0. The predicted molar refractivity (Wildman–Crippen MR) is 116 cm³/mol. The highest BCUT2D eigenvalue weighted by atomic mass is 35.5. The number of likely N-dealkylation sites (N-methyl/N-ethyl adjacent to an activating group) is 1. The van der Waals surface area contributed by atoms with Crippen LogP contribution in [0.1, 0.15) is 24.1 Å². The number of para-hydroxylation sites is 1. The maximum atomic E-state index is 12.6. The summed E-state index contributed by atoms with van der Waals surface area (Å²) in [7, 11) is 4.07. The van der Waals surface area contributed by atoms with Crippen LogP contribution in [0, 0.1) is 0 Å². The van der Waals surface area contributed by atoms with Crippen LogP contribution in [0.4, 0.5) is 5.69 Å². The minimum absolute atomic E-state index is 0.137. The lowest BCUT2D eigenvalue weighted by atomic mass is 10.0. The number of hydrogen-bond acceptors (Lipinski definition) is 4. The molecule has 1 heterocycles. The first kappa shape index (κ1) is 20.1. The Labute approximate surface area is 170 Å². The van der Waals surface area contributed by atoms with Crippen LogP contribution in [0.2, 0.25) is 5.02 Å². The first-order valence-corrected chi connectivity index (χ1v) is 9.71. The second-order valence-corrected chi connectivity index (χ2v) is 7.26. The summed E-state index contributed by atoms with van der Waals surface area (Å²) in [6.45, 7) is 2.75. The van der Waals surface area contributed by atoms with Crippen molar-refractivity contribution in [3.8, 4) is 5.69 Å². The maximum absolute atomic E-state index is 12.6. The zero-order chi connectivity index (χ0) is 20.1. The fourth-order valence-electron chi connectivity index (χ4n) is 3.09. The maximum Gasteiger partial charge on any atom is 0.292 e. The van der Waals surface area contributed by atoms with Crippen molar-refractivity contribution in [1.82, 2.24) is 14.7 Å². The largest absolute Gasteiger partial charge is 0.380 e. The van der Waals surface area contributed by atoms with Crippen LogP contribution in [0.25, 0.3) is 5.69 Å². The van der Waals surface area contributed by atoms with Gasteiger partial charge in [0.1, 0.15) is 5.02 Å². The highest BCUT2D eigenvalue weighted by Gasteiger charge is 2.16. The standard InChI is InChI=1S/C22H25ClN4O/c1-4-16-10-12-17(13-11-16)20(26(2)3)15-24-19-14-25-27(22(28)21(19)23)18-8-6-5-7-9-18/h5-14,20,24H,4,15H2,1-3H3/t20-/m1/s1. The van der Waals surface area contributed by atoms with Crippen LogP contribution in [0.5, 0.6) is 0 Å². The van der Waals surface area contributed by atoms with E-state index in [1.807, 2.05) is 44.4 Å². The fraction of sp³-hybridized carbons (Fsp3) is 0.273. The minimum atomic E-state index is -0.341. The third-order valence-electron chi connectivity index (χ3n) is 4.80. The molecule has 3 aromatic rings. The van der Waals surface area contributed by atoms with Crippen LogP contribution < -0.4 is 10.9 Å². The van der Waals surface area contributed by atoms with E-state index in [9.17, 15) is 4.79 Å². The molecule has 5 nitrogen and oxygen atoms in total. The predicted octanol–water partition coefficient (Wildman–Crippen LogP) is 4.16. The first-order valence-electron chi connectivity index (χ1n) is 9.33. The Morgan fingerprint density at radius 3 is 2.39 bits per heavy atom. The highest BCUT2D eigenvalue weighted by Crippen LogP contribution is 2.22. The van der Waals surface area contributed by atoms with Gasteiger partial charge < -0.3 is 10.2 Å². The molecule has 1 atom stereocenters. The SMILES string of the molecule is CCc1ccc([C@@H](CNc2cnn(-c3ccccc3)c(=O)c2Cl)N(C)C)cc1. The van der Waals surface area contributed by atoms with Crippen molar-refractivity contribution < 1.29 is 0 Å². The number of halogens is 1. The molecular formula is C22H25ClN4O. The Morgan fingerprint density at radius 1 is 1.11 bits per heavy atom. The van der Waals surface area contributed by atoms with E-state index < -0.39 is 0 Å². The zero-order valence-electron chi connectivity index (χ0n) is 16.4. The minimum Gasteiger partial charge on any atom is -0.380 e. The molecule has 0 unspecified atom stereocenters. The summed E-state index contributed by atoms with van der Waals surface area (Å²) in [6, 6.07) is 18.0. The van der Waals surface area contributed by atoms with Crippen molar-refractivity contribution in [2.45, 2.75) is 19.4 Å². The summed E-state index contributed by atoms with van der Waals surface area (Å²) in [4.78, 5) is 14.8. The van der Waals surface area contributed by atoms with Crippen molar-refractivity contribution >= 4 is 17.3 Å². The molecule has 0 radical (unpaired) electrons. The molecule has 0 bridgehead atoms. The molecule has 0 aliphatic heterocycles. The van der Waals surface area contributed by atoms with Gasteiger partial charge in [-0.2, -0.15) is 9.78 Å². The number of nitrogens with one attached hydrogen (secondary N) is 1. The molecular weight excluding hydrogens is 372 g/mol. The zero-order valence-corrected chi connectivity index (χ0v) is 17.1. The lowest BCUT2D eigenvalue weighted by molar-refractivity contribution is 0.312. The summed E-state index contributed by atoms with van der Waals surface area (Å²) in [5, 5.41) is 7.70. The second kappa shape index (κ2) is 9.04. The number of aryl methyl sites for hydroxylation is 1. The molecule has 1 aromatic heterocycles. The lowest BCUT2D eigenvalue weighted by Gasteiger charge is -2.26. The van der Waals surface area contributed by atoms with Crippen LogP contribution in [0.3, 0.4) is 0 Å². The fourth-order valence-corrected chi connectivity index (χ4v) is 3.29. The van der Waals surface area contributed by atoms with Gasteiger partial charge in [-0.05, 0) is 43.8 Å². The summed E-state index contributed by atoms with van der Waals surface area (Å²) >= 11 is 6.35. The Hall–Kier alpha value is -2.63. The summed E-state index contributed by atoms with van der Waals surface area (Å²) in [6.07, 6.45) is 2.62. The number of aromatic nitrogens is 2. The molecule has 0 aliphatic rings. The van der Waals surface area contributed by atoms with Gasteiger partial charge in [0.05, 0.1) is 23.6 Å². The number of anilines is 1. The lowest BCUT2D eigenvalue weighted by Crippen LogP contribution is -2.28. The molecule has 28 heavy (non-hydrogen) atoms. The molecule has 3 rings (SSSR count). The third-order valence-corrected chi connectivity index (χ3v) is 5.17. The van der Waals surface area contributed by atoms with Crippen molar-refractivity contribution in [2.24, 2.45) is 0 Å². The summed E-state index contributed by atoms with van der Waals surface area (Å²) in [5.41, 5.74) is 3.40. The molecule has 0 aliphatic carbocycles. The van der Waals surface area contributed by atoms with Gasteiger partial charge in [0.2, 0.25) is 0 Å². The molecule has 0 amide bonds. The van der Waals surface area contributed by atoms with Crippen molar-refractivity contribution in [2.75, 3.05) is 26.0 Å². The van der Waals surface area contributed by atoms with Crippen molar-refractivity contribution in [1.29, 1.82) is 0 Å². The quantitative estimate of drug-likeness (QED) is 0.651. The number of nitrogens with zero attached hydrogens (tertiary/aromatic N) is 3. The van der Waals surface area contributed by atoms with Crippen molar-refractivity contribution in [3.63, 3.8) is 0 Å². The van der Waals surface area contributed by atoms with Gasteiger partial charge in [-0.3, -0.25) is 4.79 Å². The average Bonchev–Trinajstić information content (AvgIpc) is 2.72. The Morgan fingerprint density at radius 2 is 1.79 bits per heavy atom. The Kier molecular flexibility index (Phi) is 6.49. The molecule has 1 N–H and O–H groups in total. The van der Waals surface area contributed by atoms with E-state index in [4.69, 9.17) is 11.6 Å². The average molecular weight is 397 g/mol. The first-order chi connectivity index (χ1) is 13.5. The topological polar surface area (TPSA) is 50.2 Å². The van der Waals surface area contributed by atoms with Crippen molar-refractivity contribution in [3.05, 3.63) is 87.3 Å². The Balaban J connectivity index is 1.80. The van der Waals surface area contributed by atoms with Gasteiger partial charge in [-0.15, -0.1) is 0 Å². The van der Waals surface area contributed by atoms with Crippen LogP contribution in [-0.2, 0) is 6.42 Å². The normalized spacial score (nSPS) is 12.2. The van der Waals surface area contributed by atoms with Crippen LogP contribution in [0.15, 0.2) is 65.6 Å². The van der Waals surface area contributed by atoms with E-state index in [2.05, 4.69) is 46.5 Å². The second-order valence-electron chi connectivity index (χ2n) is 6.88. The summed E-state index contributed by atoms with van der Waals surface area (Å²) < 4.78 is 1.31. The van der Waals surface area contributed by atoms with E-state index in [0.717, 1.165) is 6.42 Å². The molecule has 146 valence electrons. The van der Waals surface area contributed by atoms with Gasteiger partial charge in [-0.25, -0.2) is 0 Å². The highest BCUT2D eigenvalue weighted by molar-refractivity contribution is 6.32. The van der Waals surface area contributed by atoms with E-state index in [1.165, 1.54) is 15.8 Å². The number of benzene rings is 2. The van der Waals surface area contributed by atoms with E-state index in [1.54, 1.807) is 6.20 Å². The molecule has 2 aromatic carbocycles. The molecule has 0 saturated carbocycles. The molecule has 0 saturated heterocycles. The molecule has 0 spiro atoms. The van der Waals surface area contributed by atoms with Crippen LogP contribution in [-0.4, -0.2) is 35.3 Å². The Bertz CT molecular complexity index is 968. The monoisotopic (exact) mass is 396 g/mol.